The van der Waals surface area contributed by atoms with E-state index in [1.54, 1.807) is 0 Å². The molecule has 1 rings (SSSR count). The van der Waals surface area contributed by atoms with E-state index in [2.05, 4.69) is 5.10 Å². The third-order valence-electron chi connectivity index (χ3n) is 1.89. The number of nitrogens with one attached hydrogen (secondary N) is 2. The van der Waals surface area contributed by atoms with E-state index >= 15 is 0 Å². The summed E-state index contributed by atoms with van der Waals surface area (Å²) in [6.07, 6.45) is -0.759. The highest BCUT2D eigenvalue weighted by Crippen LogP contribution is 1.96. The minimum atomic E-state index is -1.57. The van der Waals surface area contributed by atoms with Gasteiger partial charge in [-0.1, -0.05) is 0 Å². The van der Waals surface area contributed by atoms with Gasteiger partial charge in [0.15, 0.2) is 0 Å². The number of aromatic amines is 1. The van der Waals surface area contributed by atoms with Crippen LogP contribution in [-0.2, 0) is 9.59 Å². The molecule has 0 spiro atoms. The lowest BCUT2D eigenvalue weighted by molar-refractivity contribution is -0.145. The van der Waals surface area contributed by atoms with Crippen LogP contribution in [0.25, 0.3) is 0 Å². The molecule has 9 nitrogen and oxygen atoms in total. The summed E-state index contributed by atoms with van der Waals surface area (Å²) in [7, 11) is 0. The second kappa shape index (κ2) is 5.57. The van der Waals surface area contributed by atoms with Crippen LogP contribution in [0, 0.1) is 0 Å². The summed E-state index contributed by atoms with van der Waals surface area (Å²) in [5, 5.41) is 24.5. The first-order valence-electron chi connectivity index (χ1n) is 4.71. The minimum absolute atomic E-state index is 0.216. The fraction of sp³-hybridized carbons (Fsp3) is 0.222. The van der Waals surface area contributed by atoms with Crippen molar-refractivity contribution in [1.29, 1.82) is 0 Å². The Kier molecular flexibility index (Phi) is 4.13. The Morgan fingerprint density at radius 3 is 2.44 bits per heavy atom. The molecule has 0 fully saturated rings. The second-order valence-corrected chi connectivity index (χ2v) is 3.27. The van der Waals surface area contributed by atoms with Gasteiger partial charge in [0.2, 0.25) is 0 Å². The zero-order chi connectivity index (χ0) is 13.7. The Hall–Kier alpha value is -2.71. The standard InChI is InChI=1S/C9H9N3O6/c13-6-2-1-4(11-12-6)8(16)10-5(9(17)18)3-7(14)15/h1-2,5H,3H2,(H,10,16)(H,12,13)(H,14,15)(H,17,18)/t5-/m0/s1. The Morgan fingerprint density at radius 2 is 2.00 bits per heavy atom. The first kappa shape index (κ1) is 13.4. The topological polar surface area (TPSA) is 149 Å². The molecule has 0 saturated heterocycles. The van der Waals surface area contributed by atoms with Crippen molar-refractivity contribution in [2.45, 2.75) is 12.5 Å². The van der Waals surface area contributed by atoms with Crippen LogP contribution in [0.1, 0.15) is 16.9 Å². The molecule has 0 radical (unpaired) electrons. The van der Waals surface area contributed by atoms with Crippen molar-refractivity contribution in [2.24, 2.45) is 0 Å². The maximum Gasteiger partial charge on any atom is 0.326 e. The molecule has 1 aromatic rings. The number of rotatable bonds is 5. The summed E-state index contributed by atoms with van der Waals surface area (Å²) in [6, 6.07) is 0.562. The summed E-state index contributed by atoms with van der Waals surface area (Å²) in [6.45, 7) is 0. The summed E-state index contributed by atoms with van der Waals surface area (Å²) in [5.74, 6) is -3.73. The van der Waals surface area contributed by atoms with Crippen molar-refractivity contribution in [2.75, 3.05) is 0 Å². The monoisotopic (exact) mass is 255 g/mol. The lowest BCUT2D eigenvalue weighted by atomic mass is 10.2. The largest absolute Gasteiger partial charge is 0.481 e. The molecule has 0 unspecified atom stereocenters. The molecule has 96 valence electrons. The van der Waals surface area contributed by atoms with E-state index in [0.717, 1.165) is 12.1 Å². The highest BCUT2D eigenvalue weighted by atomic mass is 16.4. The number of nitrogens with zero attached hydrogens (tertiary/aromatic N) is 1. The lowest BCUT2D eigenvalue weighted by Crippen LogP contribution is -2.42. The normalized spacial score (nSPS) is 11.6. The third kappa shape index (κ3) is 3.70. The van der Waals surface area contributed by atoms with Gasteiger partial charge in [-0.25, -0.2) is 9.89 Å². The van der Waals surface area contributed by atoms with E-state index in [1.807, 2.05) is 10.4 Å². The molecule has 0 saturated carbocycles. The van der Waals surface area contributed by atoms with E-state index in [1.165, 1.54) is 0 Å². The fourth-order valence-electron chi connectivity index (χ4n) is 1.08. The number of hydrogen-bond donors (Lipinski definition) is 4. The zero-order valence-corrected chi connectivity index (χ0v) is 8.91. The molecule has 1 amide bonds. The maximum absolute atomic E-state index is 11.5. The Balaban J connectivity index is 2.78. The van der Waals surface area contributed by atoms with Crippen molar-refractivity contribution in [3.05, 3.63) is 28.2 Å². The summed E-state index contributed by atoms with van der Waals surface area (Å²) < 4.78 is 0. The molecule has 0 aliphatic rings. The van der Waals surface area contributed by atoms with Crippen LogP contribution >= 0.6 is 0 Å². The predicted octanol–water partition coefficient (Wildman–Crippen LogP) is -1.57. The number of aliphatic carboxylic acids is 2. The van der Waals surface area contributed by atoms with Crippen molar-refractivity contribution < 1.29 is 24.6 Å². The second-order valence-electron chi connectivity index (χ2n) is 3.27. The van der Waals surface area contributed by atoms with Crippen LogP contribution in [0.5, 0.6) is 0 Å². The highest BCUT2D eigenvalue weighted by Gasteiger charge is 2.24. The third-order valence-corrected chi connectivity index (χ3v) is 1.89. The molecule has 0 aliphatic heterocycles. The molecule has 0 aliphatic carbocycles. The number of H-pyrrole nitrogens is 1. The van der Waals surface area contributed by atoms with E-state index in [-0.39, 0.29) is 5.69 Å². The van der Waals surface area contributed by atoms with Crippen LogP contribution in [-0.4, -0.2) is 44.3 Å². The molecular formula is C9H9N3O6. The zero-order valence-electron chi connectivity index (χ0n) is 8.91. The van der Waals surface area contributed by atoms with Gasteiger partial charge in [0.25, 0.3) is 11.5 Å². The number of carbonyl (C=O) groups excluding carboxylic acids is 1. The average Bonchev–Trinajstić information content (AvgIpc) is 2.28. The molecule has 0 bridgehead atoms. The van der Waals surface area contributed by atoms with Gasteiger partial charge in [-0.05, 0) is 6.07 Å². The van der Waals surface area contributed by atoms with Gasteiger partial charge in [-0.3, -0.25) is 14.4 Å². The minimum Gasteiger partial charge on any atom is -0.481 e. The molecule has 0 aromatic carbocycles. The van der Waals surface area contributed by atoms with Gasteiger partial charge < -0.3 is 15.5 Å². The van der Waals surface area contributed by atoms with Crippen molar-refractivity contribution >= 4 is 17.8 Å². The first-order chi connectivity index (χ1) is 8.40. The van der Waals surface area contributed by atoms with Crippen LogP contribution in [0.3, 0.4) is 0 Å². The van der Waals surface area contributed by atoms with Crippen LogP contribution < -0.4 is 10.9 Å². The SMILES string of the molecule is O=C(O)C[C@H](NC(=O)c1ccc(=O)[nH]n1)C(=O)O. The molecule has 18 heavy (non-hydrogen) atoms. The van der Waals surface area contributed by atoms with Crippen LogP contribution in [0.2, 0.25) is 0 Å². The van der Waals surface area contributed by atoms with Crippen molar-refractivity contribution in [3.63, 3.8) is 0 Å². The summed E-state index contributed by atoms with van der Waals surface area (Å²) in [5.41, 5.74) is -0.738. The first-order valence-corrected chi connectivity index (χ1v) is 4.71. The molecular weight excluding hydrogens is 246 g/mol. The average molecular weight is 255 g/mol. The predicted molar refractivity (Wildman–Crippen MR) is 56.0 cm³/mol. The Morgan fingerprint density at radius 1 is 1.33 bits per heavy atom. The van der Waals surface area contributed by atoms with E-state index in [9.17, 15) is 19.2 Å². The van der Waals surface area contributed by atoms with Gasteiger partial charge >= 0.3 is 11.9 Å². The van der Waals surface area contributed by atoms with Gasteiger partial charge in [0, 0.05) is 6.07 Å². The Labute approximate surface area is 99.4 Å². The Bertz CT molecular complexity index is 517. The number of carboxylic acids is 2. The highest BCUT2D eigenvalue weighted by molar-refractivity contribution is 5.95. The van der Waals surface area contributed by atoms with Gasteiger partial charge in [0.05, 0.1) is 6.42 Å². The van der Waals surface area contributed by atoms with E-state index < -0.39 is 35.9 Å². The number of carboxylic acid groups (broad SMARTS) is 2. The molecule has 1 aromatic heterocycles. The number of hydrogen-bond acceptors (Lipinski definition) is 5. The molecule has 1 heterocycles. The van der Waals surface area contributed by atoms with Crippen molar-refractivity contribution in [1.82, 2.24) is 15.5 Å². The van der Waals surface area contributed by atoms with E-state index in [4.69, 9.17) is 10.2 Å². The van der Waals surface area contributed by atoms with Gasteiger partial charge in [-0.2, -0.15) is 5.10 Å². The van der Waals surface area contributed by atoms with Crippen LogP contribution in [0.4, 0.5) is 0 Å². The van der Waals surface area contributed by atoms with Crippen LogP contribution in [0.15, 0.2) is 16.9 Å². The fourth-order valence-corrected chi connectivity index (χ4v) is 1.08. The number of aromatic nitrogens is 2. The quantitative estimate of drug-likeness (QED) is 0.496. The van der Waals surface area contributed by atoms with Crippen molar-refractivity contribution in [3.8, 4) is 0 Å². The molecule has 4 N–H and O–H groups in total. The van der Waals surface area contributed by atoms with E-state index in [0.29, 0.717) is 0 Å². The van der Waals surface area contributed by atoms with Gasteiger partial charge in [0.1, 0.15) is 11.7 Å². The molecule has 9 heteroatoms. The maximum atomic E-state index is 11.5. The molecule has 1 atom stereocenters. The summed E-state index contributed by atoms with van der Waals surface area (Å²) in [4.78, 5) is 43.3. The summed E-state index contributed by atoms with van der Waals surface area (Å²) >= 11 is 0. The smallest absolute Gasteiger partial charge is 0.326 e. The number of amides is 1. The lowest BCUT2D eigenvalue weighted by Gasteiger charge is -2.11. The van der Waals surface area contributed by atoms with Gasteiger partial charge in [-0.15, -0.1) is 0 Å². The number of carbonyl (C=O) groups is 3.